The zero-order valence-electron chi connectivity index (χ0n) is 21.8. The Morgan fingerprint density at radius 2 is 1.22 bits per heavy atom. The Morgan fingerprint density at radius 3 is 1.72 bits per heavy atom. The third kappa shape index (κ3) is 13.3. The zero-order valence-corrected chi connectivity index (χ0v) is 21.8. The summed E-state index contributed by atoms with van der Waals surface area (Å²) in [4.78, 5) is 12.7. The maximum absolute atomic E-state index is 12.7. The monoisotopic (exact) mass is 444 g/mol. The van der Waals surface area contributed by atoms with Gasteiger partial charge in [0.2, 0.25) is 0 Å². The minimum Gasteiger partial charge on any atom is -0.465 e. The van der Waals surface area contributed by atoms with Crippen LogP contribution in [0.2, 0.25) is 0 Å². The third-order valence-electron chi connectivity index (χ3n) is 6.90. The summed E-state index contributed by atoms with van der Waals surface area (Å²) in [6.07, 6.45) is 21.2. The molecule has 0 saturated carbocycles. The van der Waals surface area contributed by atoms with Crippen LogP contribution < -0.4 is 0 Å². The minimum absolute atomic E-state index is 0.0665. The van der Waals surface area contributed by atoms with Gasteiger partial charge in [0.15, 0.2) is 0 Å². The summed E-state index contributed by atoms with van der Waals surface area (Å²) in [5.74, 6) is 0.270. The number of aryl methyl sites for hydroxylation is 1. The number of carbonyl (C=O) groups excluding carboxylic acids is 1. The van der Waals surface area contributed by atoms with Gasteiger partial charge >= 0.3 is 5.97 Å². The van der Waals surface area contributed by atoms with Crippen molar-refractivity contribution in [1.29, 1.82) is 0 Å². The van der Waals surface area contributed by atoms with Crippen LogP contribution in [0.25, 0.3) is 0 Å². The number of unbranched alkanes of at least 4 members (excludes halogenated alkanes) is 12. The number of hydrogen-bond acceptors (Lipinski definition) is 2. The highest BCUT2D eigenvalue weighted by atomic mass is 16.5. The second kappa shape index (κ2) is 19.2. The highest BCUT2D eigenvalue weighted by Crippen LogP contribution is 2.23. The molecule has 0 saturated heterocycles. The smallest absolute Gasteiger partial charge is 0.313 e. The van der Waals surface area contributed by atoms with Gasteiger partial charge in [0.1, 0.15) is 0 Å². The van der Waals surface area contributed by atoms with Crippen molar-refractivity contribution in [2.24, 2.45) is 5.92 Å². The molecule has 0 radical (unpaired) electrons. The number of benzene rings is 1. The molecule has 0 spiro atoms. The van der Waals surface area contributed by atoms with Gasteiger partial charge < -0.3 is 4.74 Å². The number of ether oxygens (including phenoxy) is 1. The molecular formula is C30H52O2. The van der Waals surface area contributed by atoms with Gasteiger partial charge in [-0.25, -0.2) is 0 Å². The summed E-state index contributed by atoms with van der Waals surface area (Å²) in [6, 6.07) is 8.16. The van der Waals surface area contributed by atoms with E-state index >= 15 is 0 Å². The van der Waals surface area contributed by atoms with Crippen LogP contribution in [-0.2, 0) is 9.53 Å². The quantitative estimate of drug-likeness (QED) is 0.148. The molecule has 2 unspecified atom stereocenters. The fraction of sp³-hybridized carbons (Fsp3) is 0.767. The Hall–Kier alpha value is -1.31. The van der Waals surface area contributed by atoms with E-state index in [0.29, 0.717) is 12.5 Å². The van der Waals surface area contributed by atoms with E-state index < -0.39 is 0 Å². The van der Waals surface area contributed by atoms with Crippen LogP contribution in [0.3, 0.4) is 0 Å². The van der Waals surface area contributed by atoms with Crippen molar-refractivity contribution in [2.45, 2.75) is 136 Å². The normalized spacial score (nSPS) is 13.1. The molecule has 0 aliphatic carbocycles. The van der Waals surface area contributed by atoms with E-state index in [0.717, 1.165) is 5.56 Å². The summed E-state index contributed by atoms with van der Waals surface area (Å²) < 4.78 is 5.85. The van der Waals surface area contributed by atoms with E-state index in [-0.39, 0.29) is 11.9 Å². The van der Waals surface area contributed by atoms with E-state index in [1.54, 1.807) is 0 Å². The maximum atomic E-state index is 12.7. The minimum atomic E-state index is -0.186. The van der Waals surface area contributed by atoms with Gasteiger partial charge in [-0.05, 0) is 43.7 Å². The number of hydrogen-bond donors (Lipinski definition) is 0. The summed E-state index contributed by atoms with van der Waals surface area (Å²) in [6.45, 7) is 9.19. The molecule has 0 aliphatic rings. The molecule has 32 heavy (non-hydrogen) atoms. The van der Waals surface area contributed by atoms with Gasteiger partial charge in [0.25, 0.3) is 0 Å². The molecule has 1 rings (SSSR count). The van der Waals surface area contributed by atoms with Crippen LogP contribution in [0.15, 0.2) is 24.3 Å². The SMILES string of the molecule is CCCCCCCCCCC(CCCCCCCC)COC(=O)C(C)c1ccccc1C. The number of carbonyl (C=O) groups is 1. The molecule has 2 heteroatoms. The molecule has 1 aromatic rings. The Bertz CT molecular complexity index is 580. The first-order valence-corrected chi connectivity index (χ1v) is 13.8. The van der Waals surface area contributed by atoms with Gasteiger partial charge in [0.05, 0.1) is 12.5 Å². The van der Waals surface area contributed by atoms with Gasteiger partial charge in [-0.1, -0.05) is 128 Å². The summed E-state index contributed by atoms with van der Waals surface area (Å²) in [5.41, 5.74) is 2.26. The van der Waals surface area contributed by atoms with Crippen molar-refractivity contribution in [3.63, 3.8) is 0 Å². The molecule has 1 aromatic carbocycles. The molecule has 0 amide bonds. The lowest BCUT2D eigenvalue weighted by atomic mass is 9.94. The van der Waals surface area contributed by atoms with Crippen LogP contribution in [0, 0.1) is 12.8 Å². The second-order valence-electron chi connectivity index (χ2n) is 9.89. The molecule has 0 heterocycles. The van der Waals surface area contributed by atoms with Crippen molar-refractivity contribution in [2.75, 3.05) is 6.61 Å². The largest absolute Gasteiger partial charge is 0.465 e. The predicted octanol–water partition coefficient (Wildman–Crippen LogP) is 9.54. The Balaban J connectivity index is 2.40. The highest BCUT2D eigenvalue weighted by Gasteiger charge is 2.20. The first-order chi connectivity index (χ1) is 15.6. The topological polar surface area (TPSA) is 26.3 Å². The molecule has 0 fully saturated rings. The zero-order chi connectivity index (χ0) is 23.4. The molecule has 184 valence electrons. The Kier molecular flexibility index (Phi) is 17.2. The lowest BCUT2D eigenvalue weighted by Gasteiger charge is -2.19. The van der Waals surface area contributed by atoms with Crippen molar-refractivity contribution in [1.82, 2.24) is 0 Å². The lowest BCUT2D eigenvalue weighted by Crippen LogP contribution is -2.19. The van der Waals surface area contributed by atoms with Crippen LogP contribution >= 0.6 is 0 Å². The van der Waals surface area contributed by atoms with Crippen LogP contribution in [0.5, 0.6) is 0 Å². The fourth-order valence-corrected chi connectivity index (χ4v) is 4.62. The van der Waals surface area contributed by atoms with Gasteiger partial charge in [-0.15, -0.1) is 0 Å². The molecular weight excluding hydrogens is 392 g/mol. The van der Waals surface area contributed by atoms with Gasteiger partial charge in [-0.2, -0.15) is 0 Å². The van der Waals surface area contributed by atoms with E-state index in [9.17, 15) is 4.79 Å². The third-order valence-corrected chi connectivity index (χ3v) is 6.90. The number of esters is 1. The lowest BCUT2D eigenvalue weighted by molar-refractivity contribution is -0.146. The maximum Gasteiger partial charge on any atom is 0.313 e. The first kappa shape index (κ1) is 28.7. The fourth-order valence-electron chi connectivity index (χ4n) is 4.62. The summed E-state index contributed by atoms with van der Waals surface area (Å²) in [5, 5.41) is 0. The Morgan fingerprint density at radius 1 is 0.750 bits per heavy atom. The average molecular weight is 445 g/mol. The highest BCUT2D eigenvalue weighted by molar-refractivity contribution is 5.78. The molecule has 2 nitrogen and oxygen atoms in total. The van der Waals surface area contributed by atoms with E-state index in [1.807, 2.05) is 19.1 Å². The van der Waals surface area contributed by atoms with E-state index in [4.69, 9.17) is 4.74 Å². The van der Waals surface area contributed by atoms with Gasteiger partial charge in [-0.3, -0.25) is 4.79 Å². The van der Waals surface area contributed by atoms with Crippen LogP contribution in [-0.4, -0.2) is 12.6 Å². The summed E-state index contributed by atoms with van der Waals surface area (Å²) >= 11 is 0. The molecule has 0 aliphatic heterocycles. The van der Waals surface area contributed by atoms with Gasteiger partial charge in [0, 0.05) is 0 Å². The van der Waals surface area contributed by atoms with E-state index in [1.165, 1.54) is 108 Å². The molecule has 2 atom stereocenters. The van der Waals surface area contributed by atoms with E-state index in [2.05, 4.69) is 32.9 Å². The standard InChI is InChI=1S/C30H52O2/c1-5-7-9-11-13-14-16-18-23-28(22-17-15-12-10-8-6-2)25-32-30(31)27(4)29-24-20-19-21-26(29)3/h19-21,24,27-28H,5-18,22-23,25H2,1-4H3. The van der Waals surface area contributed by atoms with Crippen molar-refractivity contribution in [3.8, 4) is 0 Å². The van der Waals surface area contributed by atoms with Crippen LogP contribution in [0.1, 0.15) is 141 Å². The summed E-state index contributed by atoms with van der Waals surface area (Å²) in [7, 11) is 0. The molecule has 0 bridgehead atoms. The first-order valence-electron chi connectivity index (χ1n) is 13.8. The molecule has 0 aromatic heterocycles. The van der Waals surface area contributed by atoms with Crippen molar-refractivity contribution in [3.05, 3.63) is 35.4 Å². The Labute approximate surface area is 199 Å². The van der Waals surface area contributed by atoms with Crippen molar-refractivity contribution < 1.29 is 9.53 Å². The second-order valence-corrected chi connectivity index (χ2v) is 9.89. The predicted molar refractivity (Wildman–Crippen MR) is 139 cm³/mol. The average Bonchev–Trinajstić information content (AvgIpc) is 2.80. The molecule has 0 N–H and O–H groups in total. The van der Waals surface area contributed by atoms with Crippen LogP contribution in [0.4, 0.5) is 0 Å². The van der Waals surface area contributed by atoms with Crippen molar-refractivity contribution >= 4 is 5.97 Å². The number of rotatable bonds is 20.